The summed E-state index contributed by atoms with van der Waals surface area (Å²) in [5, 5.41) is 8.79. The summed E-state index contributed by atoms with van der Waals surface area (Å²) in [4.78, 5) is 14.9. The Morgan fingerprint density at radius 3 is 2.91 bits per heavy atom. The fraction of sp³-hybridized carbons (Fsp3) is 0.176. The number of nitrogens with zero attached hydrogens (tertiary/aromatic N) is 1. The average molecular weight is 315 g/mol. The quantitative estimate of drug-likeness (QED) is 0.597. The molecule has 23 heavy (non-hydrogen) atoms. The van der Waals surface area contributed by atoms with Gasteiger partial charge in [0.25, 0.3) is 0 Å². The third-order valence-corrected chi connectivity index (χ3v) is 2.93. The number of carbonyl (C=O) groups is 1. The maximum absolute atomic E-state index is 10.7. The Balaban J connectivity index is 2.35. The maximum atomic E-state index is 10.7. The molecule has 0 unspecified atom stereocenters. The molecular weight excluding hydrogens is 298 g/mol. The number of hydrogen-bond acceptors (Lipinski definition) is 5. The molecule has 0 aliphatic carbocycles. The lowest BCUT2D eigenvalue weighted by Gasteiger charge is -2.14. The van der Waals surface area contributed by atoms with Crippen molar-refractivity contribution >= 4 is 18.1 Å². The van der Waals surface area contributed by atoms with E-state index in [0.717, 1.165) is 11.1 Å². The van der Waals surface area contributed by atoms with Crippen LogP contribution in [0.3, 0.4) is 0 Å². The second-order valence-electron chi connectivity index (χ2n) is 4.60. The van der Waals surface area contributed by atoms with Gasteiger partial charge < -0.3 is 19.0 Å². The first-order valence-corrected chi connectivity index (χ1v) is 6.88. The van der Waals surface area contributed by atoms with Gasteiger partial charge in [0, 0.05) is 17.8 Å². The van der Waals surface area contributed by atoms with E-state index in [9.17, 15) is 4.79 Å². The summed E-state index contributed by atoms with van der Waals surface area (Å²) in [7, 11) is 1.49. The maximum Gasteiger partial charge on any atom is 0.341 e. The minimum absolute atomic E-state index is 0.393. The van der Waals surface area contributed by atoms with Crippen LogP contribution in [0.2, 0.25) is 0 Å². The largest absolute Gasteiger partial charge is 0.493 e. The zero-order valence-electron chi connectivity index (χ0n) is 12.7. The van der Waals surface area contributed by atoms with Crippen LogP contribution in [0.4, 0.5) is 5.88 Å². The van der Waals surface area contributed by atoms with E-state index in [1.165, 1.54) is 7.11 Å². The SMILES string of the molecule is C=CCc1cc(C=Nc2ccco2)cc(OC)c1OCC(=O)O. The lowest BCUT2D eigenvalue weighted by atomic mass is 10.1. The topological polar surface area (TPSA) is 81.3 Å². The molecule has 6 heteroatoms. The smallest absolute Gasteiger partial charge is 0.341 e. The first-order valence-electron chi connectivity index (χ1n) is 6.88. The van der Waals surface area contributed by atoms with Crippen molar-refractivity contribution in [1.29, 1.82) is 0 Å². The van der Waals surface area contributed by atoms with E-state index < -0.39 is 12.6 Å². The van der Waals surface area contributed by atoms with Gasteiger partial charge in [0.15, 0.2) is 18.1 Å². The number of furan rings is 1. The minimum atomic E-state index is -1.06. The molecule has 0 saturated carbocycles. The molecule has 0 aliphatic heterocycles. The number of aliphatic carboxylic acids is 1. The highest BCUT2D eigenvalue weighted by Gasteiger charge is 2.13. The summed E-state index contributed by atoms with van der Waals surface area (Å²) in [6.07, 6.45) is 5.39. The normalized spacial score (nSPS) is 10.7. The van der Waals surface area contributed by atoms with Crippen molar-refractivity contribution in [2.24, 2.45) is 4.99 Å². The highest BCUT2D eigenvalue weighted by atomic mass is 16.5. The number of carboxylic acids is 1. The number of benzene rings is 1. The number of methoxy groups -OCH3 is 1. The van der Waals surface area contributed by atoms with E-state index in [1.807, 2.05) is 6.07 Å². The summed E-state index contributed by atoms with van der Waals surface area (Å²) in [6, 6.07) is 7.05. The second-order valence-corrected chi connectivity index (χ2v) is 4.60. The summed E-state index contributed by atoms with van der Waals surface area (Å²) >= 11 is 0. The molecular formula is C17H17NO5. The molecule has 120 valence electrons. The van der Waals surface area contributed by atoms with Gasteiger partial charge in [-0.15, -0.1) is 6.58 Å². The van der Waals surface area contributed by atoms with Gasteiger partial charge in [0.05, 0.1) is 13.4 Å². The van der Waals surface area contributed by atoms with Crippen molar-refractivity contribution in [2.75, 3.05) is 13.7 Å². The molecule has 0 saturated heterocycles. The van der Waals surface area contributed by atoms with Crippen LogP contribution >= 0.6 is 0 Å². The van der Waals surface area contributed by atoms with Gasteiger partial charge in [-0.25, -0.2) is 9.79 Å². The number of ether oxygens (including phenoxy) is 2. The van der Waals surface area contributed by atoms with Crippen LogP contribution in [0.25, 0.3) is 0 Å². The van der Waals surface area contributed by atoms with Gasteiger partial charge in [-0.3, -0.25) is 0 Å². The van der Waals surface area contributed by atoms with E-state index in [2.05, 4.69) is 11.6 Å². The molecule has 0 bridgehead atoms. The summed E-state index contributed by atoms with van der Waals surface area (Å²) in [5.74, 6) is 0.261. The van der Waals surface area contributed by atoms with Crippen molar-refractivity contribution in [3.63, 3.8) is 0 Å². The number of allylic oxidation sites excluding steroid dienone is 1. The summed E-state index contributed by atoms with van der Waals surface area (Å²) < 4.78 is 15.8. The lowest BCUT2D eigenvalue weighted by molar-refractivity contribution is -0.139. The molecule has 0 radical (unpaired) electrons. The molecule has 1 aromatic carbocycles. The van der Waals surface area contributed by atoms with Gasteiger partial charge in [0.1, 0.15) is 0 Å². The van der Waals surface area contributed by atoms with E-state index in [-0.39, 0.29) is 0 Å². The first-order chi connectivity index (χ1) is 11.1. The molecule has 2 aromatic rings. The van der Waals surface area contributed by atoms with Crippen molar-refractivity contribution in [3.05, 3.63) is 54.3 Å². The Bertz CT molecular complexity index is 704. The fourth-order valence-electron chi connectivity index (χ4n) is 2.00. The fourth-order valence-corrected chi connectivity index (χ4v) is 2.00. The van der Waals surface area contributed by atoms with Crippen molar-refractivity contribution in [2.45, 2.75) is 6.42 Å². The number of carboxylic acid groups (broad SMARTS) is 1. The highest BCUT2D eigenvalue weighted by molar-refractivity contribution is 5.83. The molecule has 0 spiro atoms. The van der Waals surface area contributed by atoms with E-state index in [1.54, 1.807) is 36.8 Å². The second kappa shape index (κ2) is 7.84. The third-order valence-electron chi connectivity index (χ3n) is 2.93. The Morgan fingerprint density at radius 1 is 1.48 bits per heavy atom. The molecule has 0 fully saturated rings. The first kappa shape index (κ1) is 16.4. The Kier molecular flexibility index (Phi) is 5.57. The van der Waals surface area contributed by atoms with Crippen molar-refractivity contribution < 1.29 is 23.8 Å². The van der Waals surface area contributed by atoms with Crippen LogP contribution in [0.15, 0.2) is 52.6 Å². The van der Waals surface area contributed by atoms with Crippen LogP contribution in [-0.4, -0.2) is 31.0 Å². The molecule has 6 nitrogen and oxygen atoms in total. The van der Waals surface area contributed by atoms with Crippen LogP contribution in [0.5, 0.6) is 11.5 Å². The number of aliphatic imine (C=N–C) groups is 1. The van der Waals surface area contributed by atoms with Crippen molar-refractivity contribution in [1.82, 2.24) is 0 Å². The van der Waals surface area contributed by atoms with E-state index in [4.69, 9.17) is 19.0 Å². The predicted molar refractivity (Wildman–Crippen MR) is 86.0 cm³/mol. The summed E-state index contributed by atoms with van der Waals surface area (Å²) in [6.45, 7) is 3.26. The molecule has 1 N–H and O–H groups in total. The zero-order chi connectivity index (χ0) is 16.7. The van der Waals surface area contributed by atoms with E-state index >= 15 is 0 Å². The molecule has 0 atom stereocenters. The predicted octanol–water partition coefficient (Wildman–Crippen LogP) is 3.23. The lowest BCUT2D eigenvalue weighted by Crippen LogP contribution is -2.11. The molecule has 1 aromatic heterocycles. The molecule has 0 amide bonds. The molecule has 0 aliphatic rings. The molecule has 2 rings (SSSR count). The monoisotopic (exact) mass is 315 g/mol. The number of hydrogen-bond donors (Lipinski definition) is 1. The zero-order valence-corrected chi connectivity index (χ0v) is 12.7. The Hall–Kier alpha value is -3.02. The Labute approximate surface area is 133 Å². The van der Waals surface area contributed by atoms with Gasteiger partial charge in [0.2, 0.25) is 5.88 Å². The standard InChI is InChI=1S/C17H17NO5/c1-3-5-13-8-12(10-18-15-6-4-7-22-15)9-14(21-2)17(13)23-11-16(19)20/h3-4,6-10H,1,5,11H2,2H3,(H,19,20). The van der Waals surface area contributed by atoms with Crippen LogP contribution in [0, 0.1) is 0 Å². The van der Waals surface area contributed by atoms with Gasteiger partial charge >= 0.3 is 5.97 Å². The van der Waals surface area contributed by atoms with Crippen LogP contribution < -0.4 is 9.47 Å². The molecule has 1 heterocycles. The Morgan fingerprint density at radius 2 is 2.30 bits per heavy atom. The summed E-state index contributed by atoms with van der Waals surface area (Å²) in [5.41, 5.74) is 1.54. The average Bonchev–Trinajstić information content (AvgIpc) is 3.04. The van der Waals surface area contributed by atoms with Crippen molar-refractivity contribution in [3.8, 4) is 11.5 Å². The highest BCUT2D eigenvalue weighted by Crippen LogP contribution is 2.33. The number of rotatable bonds is 8. The van der Waals surface area contributed by atoms with Crippen LogP contribution in [-0.2, 0) is 11.2 Å². The minimum Gasteiger partial charge on any atom is -0.493 e. The van der Waals surface area contributed by atoms with Gasteiger partial charge in [-0.05, 0) is 30.2 Å². The van der Waals surface area contributed by atoms with Crippen LogP contribution in [0.1, 0.15) is 11.1 Å². The van der Waals surface area contributed by atoms with E-state index in [0.29, 0.717) is 23.8 Å². The third kappa shape index (κ3) is 4.47. The van der Waals surface area contributed by atoms with Gasteiger partial charge in [-0.2, -0.15) is 0 Å². The van der Waals surface area contributed by atoms with Gasteiger partial charge in [-0.1, -0.05) is 6.08 Å².